The summed E-state index contributed by atoms with van der Waals surface area (Å²) in [5.41, 5.74) is 3.00. The number of hydrogen-bond donors (Lipinski definition) is 2. The first-order valence-electron chi connectivity index (χ1n) is 7.93. The Balaban J connectivity index is 1.89. The van der Waals surface area contributed by atoms with Crippen LogP contribution in [0.4, 0.5) is 0 Å². The highest BCUT2D eigenvalue weighted by Gasteiger charge is 2.06. The predicted octanol–water partition coefficient (Wildman–Crippen LogP) is 2.79. The van der Waals surface area contributed by atoms with Gasteiger partial charge in [0, 0.05) is 12.6 Å². The van der Waals surface area contributed by atoms with Crippen molar-refractivity contribution in [1.82, 2.24) is 5.32 Å². The molecule has 132 valence electrons. The quantitative estimate of drug-likeness (QED) is 0.778. The van der Waals surface area contributed by atoms with Crippen LogP contribution in [0.5, 0.6) is 0 Å². The summed E-state index contributed by atoms with van der Waals surface area (Å²) in [6, 6.07) is 14.1. The third-order valence-electron chi connectivity index (χ3n) is 3.75. The highest BCUT2D eigenvalue weighted by atomic mass is 32.2. The van der Waals surface area contributed by atoms with Crippen molar-refractivity contribution < 1.29 is 13.2 Å². The fraction of sp³-hybridized carbons (Fsp3) is 0.211. The number of primary sulfonamides is 1. The molecule has 3 N–H and O–H groups in total. The van der Waals surface area contributed by atoms with Gasteiger partial charge in [0.05, 0.1) is 4.90 Å². The molecule has 2 rings (SSSR count). The van der Waals surface area contributed by atoms with Gasteiger partial charge in [0.2, 0.25) is 15.9 Å². The first-order valence-corrected chi connectivity index (χ1v) is 9.48. The maximum Gasteiger partial charge on any atom is 0.244 e. The highest BCUT2D eigenvalue weighted by molar-refractivity contribution is 7.89. The molecular formula is C19H22N2O3S. The molecule has 0 bridgehead atoms. The lowest BCUT2D eigenvalue weighted by atomic mass is 10.0. The number of rotatable bonds is 6. The van der Waals surface area contributed by atoms with Crippen molar-refractivity contribution >= 4 is 22.0 Å². The average Bonchev–Trinajstić information content (AvgIpc) is 2.58. The summed E-state index contributed by atoms with van der Waals surface area (Å²) in [6.45, 7) is 4.57. The minimum atomic E-state index is -3.70. The Hall–Kier alpha value is -2.44. The van der Waals surface area contributed by atoms with E-state index in [1.807, 2.05) is 12.1 Å². The van der Waals surface area contributed by atoms with Crippen molar-refractivity contribution in [3.63, 3.8) is 0 Å². The number of hydrogen-bond acceptors (Lipinski definition) is 3. The van der Waals surface area contributed by atoms with Crippen molar-refractivity contribution in [1.29, 1.82) is 0 Å². The van der Waals surface area contributed by atoms with E-state index in [4.69, 9.17) is 5.14 Å². The summed E-state index contributed by atoms with van der Waals surface area (Å²) in [6.07, 6.45) is 3.23. The van der Waals surface area contributed by atoms with Gasteiger partial charge >= 0.3 is 0 Å². The van der Waals surface area contributed by atoms with Crippen molar-refractivity contribution in [2.75, 3.05) is 0 Å². The van der Waals surface area contributed by atoms with Gasteiger partial charge in [-0.1, -0.05) is 50.2 Å². The Labute approximate surface area is 148 Å². The van der Waals surface area contributed by atoms with Crippen LogP contribution in [0.3, 0.4) is 0 Å². The summed E-state index contributed by atoms with van der Waals surface area (Å²) in [5.74, 6) is 0.255. The Morgan fingerprint density at radius 1 is 1.08 bits per heavy atom. The predicted molar refractivity (Wildman–Crippen MR) is 99.2 cm³/mol. The summed E-state index contributed by atoms with van der Waals surface area (Å²) in [4.78, 5) is 11.9. The molecule has 1 amide bonds. The number of carbonyl (C=O) groups excluding carboxylic acids is 1. The Morgan fingerprint density at radius 2 is 1.68 bits per heavy atom. The van der Waals surface area contributed by atoms with E-state index in [1.165, 1.54) is 23.8 Å². The molecule has 0 aromatic heterocycles. The molecule has 0 aliphatic carbocycles. The number of carbonyl (C=O) groups is 1. The lowest BCUT2D eigenvalue weighted by Crippen LogP contribution is -2.20. The van der Waals surface area contributed by atoms with Gasteiger partial charge in [-0.25, -0.2) is 13.6 Å². The normalized spacial score (nSPS) is 11.8. The second-order valence-electron chi connectivity index (χ2n) is 6.06. The van der Waals surface area contributed by atoms with Crippen LogP contribution in [-0.2, 0) is 21.4 Å². The monoisotopic (exact) mass is 358 g/mol. The fourth-order valence-corrected chi connectivity index (χ4v) is 2.72. The minimum Gasteiger partial charge on any atom is -0.348 e. The number of nitrogens with one attached hydrogen (secondary N) is 1. The average molecular weight is 358 g/mol. The Bertz CT molecular complexity index is 853. The first kappa shape index (κ1) is 18.9. The molecule has 5 nitrogen and oxygen atoms in total. The van der Waals surface area contributed by atoms with Crippen molar-refractivity contribution in [3.05, 3.63) is 71.3 Å². The molecule has 0 unspecified atom stereocenters. The largest absolute Gasteiger partial charge is 0.348 e. The summed E-state index contributed by atoms with van der Waals surface area (Å²) in [7, 11) is -3.70. The van der Waals surface area contributed by atoms with Gasteiger partial charge in [0.1, 0.15) is 0 Å². The van der Waals surface area contributed by atoms with Gasteiger partial charge in [0.15, 0.2) is 0 Å². The maximum absolute atomic E-state index is 11.9. The van der Waals surface area contributed by atoms with Crippen LogP contribution in [0.15, 0.2) is 59.5 Å². The number of amides is 1. The van der Waals surface area contributed by atoms with E-state index in [0.29, 0.717) is 12.5 Å². The molecule has 2 aromatic rings. The van der Waals surface area contributed by atoms with Crippen LogP contribution in [0.1, 0.15) is 36.5 Å². The lowest BCUT2D eigenvalue weighted by molar-refractivity contribution is -0.116. The van der Waals surface area contributed by atoms with E-state index in [9.17, 15) is 13.2 Å². The Morgan fingerprint density at radius 3 is 2.20 bits per heavy atom. The van der Waals surface area contributed by atoms with E-state index >= 15 is 0 Å². The third kappa shape index (κ3) is 5.85. The van der Waals surface area contributed by atoms with Crippen LogP contribution >= 0.6 is 0 Å². The van der Waals surface area contributed by atoms with Crippen LogP contribution in [0.2, 0.25) is 0 Å². The molecule has 0 saturated carbocycles. The third-order valence-corrected chi connectivity index (χ3v) is 4.68. The number of nitrogens with two attached hydrogens (primary N) is 1. The topological polar surface area (TPSA) is 89.3 Å². The zero-order valence-corrected chi connectivity index (χ0v) is 15.1. The molecule has 0 atom stereocenters. The van der Waals surface area contributed by atoms with E-state index in [0.717, 1.165) is 11.1 Å². The molecule has 0 spiro atoms. The molecule has 0 saturated heterocycles. The molecule has 0 heterocycles. The van der Waals surface area contributed by atoms with Crippen LogP contribution < -0.4 is 10.5 Å². The SMILES string of the molecule is CC(C)c1ccc(/C=C/C(=O)NCc2ccc(S(N)(=O)=O)cc2)cc1. The maximum atomic E-state index is 11.9. The van der Waals surface area contributed by atoms with E-state index in [2.05, 4.69) is 31.3 Å². The summed E-state index contributed by atoms with van der Waals surface area (Å²) < 4.78 is 22.4. The van der Waals surface area contributed by atoms with Crippen LogP contribution in [-0.4, -0.2) is 14.3 Å². The molecular weight excluding hydrogens is 336 g/mol. The van der Waals surface area contributed by atoms with Gasteiger partial charge < -0.3 is 5.32 Å². The number of benzene rings is 2. The highest BCUT2D eigenvalue weighted by Crippen LogP contribution is 2.15. The molecule has 0 fully saturated rings. The van der Waals surface area contributed by atoms with E-state index in [-0.39, 0.29) is 10.8 Å². The minimum absolute atomic E-state index is 0.0484. The lowest BCUT2D eigenvalue weighted by Gasteiger charge is -2.05. The number of sulfonamides is 1. The molecule has 0 aliphatic rings. The summed E-state index contributed by atoms with van der Waals surface area (Å²) in [5, 5.41) is 7.79. The zero-order chi connectivity index (χ0) is 18.4. The second kappa shape index (κ2) is 8.09. The first-order chi connectivity index (χ1) is 11.8. The van der Waals surface area contributed by atoms with Gasteiger partial charge in [-0.05, 0) is 40.8 Å². The standard InChI is InChI=1S/C19H22N2O3S/c1-14(2)17-8-3-15(4-9-17)7-12-19(22)21-13-16-5-10-18(11-6-16)25(20,23)24/h3-12,14H,13H2,1-2H3,(H,21,22)(H2,20,23,24)/b12-7+. The molecule has 25 heavy (non-hydrogen) atoms. The van der Waals surface area contributed by atoms with Gasteiger partial charge in [-0.2, -0.15) is 0 Å². The second-order valence-corrected chi connectivity index (χ2v) is 7.62. The van der Waals surface area contributed by atoms with E-state index in [1.54, 1.807) is 18.2 Å². The van der Waals surface area contributed by atoms with Crippen molar-refractivity contribution in [2.24, 2.45) is 5.14 Å². The van der Waals surface area contributed by atoms with Crippen molar-refractivity contribution in [3.8, 4) is 0 Å². The fourth-order valence-electron chi connectivity index (χ4n) is 2.21. The molecule has 2 aromatic carbocycles. The van der Waals surface area contributed by atoms with Crippen LogP contribution in [0.25, 0.3) is 6.08 Å². The smallest absolute Gasteiger partial charge is 0.244 e. The van der Waals surface area contributed by atoms with Gasteiger partial charge in [0.25, 0.3) is 0 Å². The molecule has 6 heteroatoms. The Kier molecular flexibility index (Phi) is 6.12. The molecule has 0 aliphatic heterocycles. The van der Waals surface area contributed by atoms with Crippen LogP contribution in [0, 0.1) is 0 Å². The zero-order valence-electron chi connectivity index (χ0n) is 14.3. The molecule has 0 radical (unpaired) electrons. The van der Waals surface area contributed by atoms with Crippen molar-refractivity contribution in [2.45, 2.75) is 31.2 Å². The van der Waals surface area contributed by atoms with Gasteiger partial charge in [-0.15, -0.1) is 0 Å². The van der Waals surface area contributed by atoms with E-state index < -0.39 is 10.0 Å². The van der Waals surface area contributed by atoms with Gasteiger partial charge in [-0.3, -0.25) is 4.79 Å². The summed E-state index contributed by atoms with van der Waals surface area (Å²) >= 11 is 0.